The third-order valence-electron chi connectivity index (χ3n) is 5.66. The minimum atomic E-state index is -0.595. The van der Waals surface area contributed by atoms with Gasteiger partial charge in [-0.2, -0.15) is 0 Å². The summed E-state index contributed by atoms with van der Waals surface area (Å²) in [6.45, 7) is 0.989. The highest BCUT2D eigenvalue weighted by atomic mass is 16.2. The number of imidazole rings is 1. The first kappa shape index (κ1) is 20.1. The maximum atomic E-state index is 12.9. The number of fused-ring (bicyclic) bond motifs is 1. The van der Waals surface area contributed by atoms with Crippen molar-refractivity contribution >= 4 is 17.5 Å². The molecule has 3 aromatic rings. The standard InChI is InChI=1S/C23H27N5O2/c24-19(10-8-17-5-2-1-3-6-17)23(30)28-13-4-7-20(28)22(29)26-15-18-9-11-21-25-12-14-27(21)16-18/h1-3,5-6,9,11-12,14,16,19-20H,4,7-8,10,13,15,24H2,(H,26,29)/t19-,20+/m1/s1. The summed E-state index contributed by atoms with van der Waals surface area (Å²) < 4.78 is 1.92. The Hall–Kier alpha value is -3.19. The van der Waals surface area contributed by atoms with Gasteiger partial charge in [0.05, 0.1) is 6.04 Å². The third kappa shape index (κ3) is 4.52. The Balaban J connectivity index is 1.32. The zero-order chi connectivity index (χ0) is 20.9. The molecule has 3 N–H and O–H groups in total. The van der Waals surface area contributed by atoms with Gasteiger partial charge in [0.2, 0.25) is 11.8 Å². The molecule has 2 amide bonds. The number of nitrogens with two attached hydrogens (primary N) is 1. The lowest BCUT2D eigenvalue weighted by Gasteiger charge is -2.26. The maximum Gasteiger partial charge on any atom is 0.243 e. The summed E-state index contributed by atoms with van der Waals surface area (Å²) in [5.74, 6) is -0.259. The summed E-state index contributed by atoms with van der Waals surface area (Å²) >= 11 is 0. The molecule has 1 aliphatic heterocycles. The number of hydrogen-bond acceptors (Lipinski definition) is 4. The fraction of sp³-hybridized carbons (Fsp3) is 0.348. The number of carbonyl (C=O) groups is 2. The number of hydrogen-bond donors (Lipinski definition) is 2. The molecule has 156 valence electrons. The Labute approximate surface area is 175 Å². The molecule has 1 aliphatic rings. The van der Waals surface area contributed by atoms with Crippen molar-refractivity contribution in [2.45, 2.75) is 44.3 Å². The normalized spacial score (nSPS) is 17.2. The van der Waals surface area contributed by atoms with E-state index < -0.39 is 12.1 Å². The topological polar surface area (TPSA) is 92.7 Å². The summed E-state index contributed by atoms with van der Waals surface area (Å²) in [7, 11) is 0. The second kappa shape index (κ2) is 9.09. The number of aryl methyl sites for hydroxylation is 1. The van der Waals surface area contributed by atoms with Crippen LogP contribution in [0.5, 0.6) is 0 Å². The molecule has 0 saturated carbocycles. The Morgan fingerprint density at radius 3 is 2.83 bits per heavy atom. The molecule has 1 saturated heterocycles. The number of likely N-dealkylation sites (tertiary alicyclic amines) is 1. The molecule has 1 aromatic carbocycles. The van der Waals surface area contributed by atoms with E-state index in [1.54, 1.807) is 11.1 Å². The van der Waals surface area contributed by atoms with Crippen LogP contribution in [0, 0.1) is 0 Å². The van der Waals surface area contributed by atoms with Crippen LogP contribution in [0.2, 0.25) is 0 Å². The van der Waals surface area contributed by atoms with Gasteiger partial charge in [0.15, 0.2) is 0 Å². The largest absolute Gasteiger partial charge is 0.350 e. The van der Waals surface area contributed by atoms with E-state index in [9.17, 15) is 9.59 Å². The molecule has 0 unspecified atom stereocenters. The van der Waals surface area contributed by atoms with Gasteiger partial charge in [-0.3, -0.25) is 9.59 Å². The van der Waals surface area contributed by atoms with Gasteiger partial charge >= 0.3 is 0 Å². The summed E-state index contributed by atoms with van der Waals surface area (Å²) in [5.41, 5.74) is 9.18. The molecule has 2 aromatic heterocycles. The van der Waals surface area contributed by atoms with Crippen LogP contribution in [-0.2, 0) is 22.6 Å². The molecule has 0 bridgehead atoms. The Kier molecular flexibility index (Phi) is 6.09. The van der Waals surface area contributed by atoms with Crippen LogP contribution in [0.1, 0.15) is 30.4 Å². The van der Waals surface area contributed by atoms with E-state index in [1.807, 2.05) is 59.3 Å². The molecule has 30 heavy (non-hydrogen) atoms. The Morgan fingerprint density at radius 2 is 2.00 bits per heavy atom. The van der Waals surface area contributed by atoms with Crippen LogP contribution >= 0.6 is 0 Å². The van der Waals surface area contributed by atoms with Crippen molar-refractivity contribution in [1.29, 1.82) is 0 Å². The van der Waals surface area contributed by atoms with E-state index in [-0.39, 0.29) is 11.8 Å². The van der Waals surface area contributed by atoms with Crippen LogP contribution in [0.25, 0.3) is 5.65 Å². The zero-order valence-corrected chi connectivity index (χ0v) is 16.9. The SMILES string of the molecule is N[C@H](CCc1ccccc1)C(=O)N1CCC[C@H]1C(=O)NCc1ccc2nccn2c1. The number of nitrogens with one attached hydrogen (secondary N) is 1. The van der Waals surface area contributed by atoms with Crippen LogP contribution in [0.15, 0.2) is 61.1 Å². The average Bonchev–Trinajstić information content (AvgIpc) is 3.45. The van der Waals surface area contributed by atoms with Crippen LogP contribution in [-0.4, -0.2) is 44.7 Å². The minimum Gasteiger partial charge on any atom is -0.350 e. The molecule has 0 radical (unpaired) electrons. The van der Waals surface area contributed by atoms with Gasteiger partial charge < -0.3 is 20.4 Å². The fourth-order valence-electron chi connectivity index (χ4n) is 3.98. The van der Waals surface area contributed by atoms with Crippen molar-refractivity contribution in [3.8, 4) is 0 Å². The minimum absolute atomic E-state index is 0.123. The summed E-state index contributed by atoms with van der Waals surface area (Å²) in [6.07, 6.45) is 8.35. The first-order valence-electron chi connectivity index (χ1n) is 10.4. The van der Waals surface area contributed by atoms with Crippen molar-refractivity contribution in [3.05, 3.63) is 72.2 Å². The van der Waals surface area contributed by atoms with Crippen LogP contribution in [0.3, 0.4) is 0 Å². The first-order chi connectivity index (χ1) is 14.6. The third-order valence-corrected chi connectivity index (χ3v) is 5.66. The predicted molar refractivity (Wildman–Crippen MR) is 115 cm³/mol. The highest BCUT2D eigenvalue weighted by Gasteiger charge is 2.35. The van der Waals surface area contributed by atoms with Gasteiger partial charge in [0.1, 0.15) is 11.7 Å². The Bertz CT molecular complexity index is 1020. The second-order valence-electron chi connectivity index (χ2n) is 7.77. The number of pyridine rings is 1. The number of rotatable bonds is 7. The van der Waals surface area contributed by atoms with Crippen molar-refractivity contribution < 1.29 is 9.59 Å². The molecule has 3 heterocycles. The van der Waals surface area contributed by atoms with Gasteiger partial charge in [0, 0.05) is 31.7 Å². The number of aromatic nitrogens is 2. The van der Waals surface area contributed by atoms with Crippen molar-refractivity contribution in [1.82, 2.24) is 19.6 Å². The monoisotopic (exact) mass is 405 g/mol. The lowest BCUT2D eigenvalue weighted by molar-refractivity contribution is -0.139. The number of benzene rings is 1. The maximum absolute atomic E-state index is 12.9. The van der Waals surface area contributed by atoms with E-state index in [0.717, 1.165) is 29.6 Å². The number of carbonyl (C=O) groups excluding carboxylic acids is 2. The van der Waals surface area contributed by atoms with E-state index in [0.29, 0.717) is 25.9 Å². The van der Waals surface area contributed by atoms with E-state index in [2.05, 4.69) is 10.3 Å². The molecule has 4 rings (SSSR count). The van der Waals surface area contributed by atoms with Gasteiger partial charge in [-0.15, -0.1) is 0 Å². The second-order valence-corrected chi connectivity index (χ2v) is 7.77. The molecular formula is C23H27N5O2. The molecule has 2 atom stereocenters. The molecule has 0 aliphatic carbocycles. The average molecular weight is 406 g/mol. The van der Waals surface area contributed by atoms with Gasteiger partial charge in [-0.25, -0.2) is 4.98 Å². The van der Waals surface area contributed by atoms with E-state index >= 15 is 0 Å². The van der Waals surface area contributed by atoms with E-state index in [1.165, 1.54) is 0 Å². The Morgan fingerprint density at radius 1 is 1.17 bits per heavy atom. The van der Waals surface area contributed by atoms with Gasteiger partial charge in [-0.1, -0.05) is 36.4 Å². The highest BCUT2D eigenvalue weighted by molar-refractivity contribution is 5.90. The van der Waals surface area contributed by atoms with Crippen molar-refractivity contribution in [3.63, 3.8) is 0 Å². The summed E-state index contributed by atoms with van der Waals surface area (Å²) in [5, 5.41) is 2.97. The quantitative estimate of drug-likeness (QED) is 0.628. The van der Waals surface area contributed by atoms with Gasteiger partial charge in [0.25, 0.3) is 0 Å². The summed E-state index contributed by atoms with van der Waals surface area (Å²) in [4.78, 5) is 31.5. The lowest BCUT2D eigenvalue weighted by Crippen LogP contribution is -2.51. The molecule has 7 heteroatoms. The fourth-order valence-corrected chi connectivity index (χ4v) is 3.98. The zero-order valence-electron chi connectivity index (χ0n) is 16.9. The van der Waals surface area contributed by atoms with E-state index in [4.69, 9.17) is 5.73 Å². The van der Waals surface area contributed by atoms with Gasteiger partial charge in [-0.05, 0) is 42.9 Å². The van der Waals surface area contributed by atoms with Crippen LogP contribution < -0.4 is 11.1 Å². The highest BCUT2D eigenvalue weighted by Crippen LogP contribution is 2.19. The van der Waals surface area contributed by atoms with Crippen molar-refractivity contribution in [2.24, 2.45) is 5.73 Å². The lowest BCUT2D eigenvalue weighted by atomic mass is 10.0. The number of nitrogens with zero attached hydrogens (tertiary/aromatic N) is 3. The molecule has 7 nitrogen and oxygen atoms in total. The first-order valence-corrected chi connectivity index (χ1v) is 10.4. The van der Waals surface area contributed by atoms with Crippen LogP contribution in [0.4, 0.5) is 0 Å². The predicted octanol–water partition coefficient (Wildman–Crippen LogP) is 1.90. The molecule has 1 fully saturated rings. The number of amides is 2. The summed E-state index contributed by atoms with van der Waals surface area (Å²) in [6, 6.07) is 12.8. The molecular weight excluding hydrogens is 378 g/mol. The van der Waals surface area contributed by atoms with Crippen molar-refractivity contribution in [2.75, 3.05) is 6.54 Å². The smallest absolute Gasteiger partial charge is 0.243 e. The molecule has 0 spiro atoms.